The Morgan fingerprint density at radius 1 is 1.31 bits per heavy atom. The minimum atomic E-state index is 0.169. The van der Waals surface area contributed by atoms with E-state index in [0.29, 0.717) is 5.95 Å². The molecule has 2 N–H and O–H groups in total. The molecular formula is C20H22N6. The zero-order chi connectivity index (χ0) is 18.3. The number of aromatic nitrogens is 5. The number of nitrogens with one attached hydrogen (secondary N) is 2. The lowest BCUT2D eigenvalue weighted by molar-refractivity contribution is 0.442. The van der Waals surface area contributed by atoms with Gasteiger partial charge in [0.25, 0.3) is 0 Å². The molecule has 26 heavy (non-hydrogen) atoms. The summed E-state index contributed by atoms with van der Waals surface area (Å²) in [6.07, 6.45) is 9.43. The molecule has 0 amide bonds. The number of aromatic amines is 1. The summed E-state index contributed by atoms with van der Waals surface area (Å²) in [5, 5.41) is 8.62. The van der Waals surface area contributed by atoms with Crippen LogP contribution in [-0.2, 0) is 0 Å². The van der Waals surface area contributed by atoms with E-state index in [0.717, 1.165) is 39.8 Å². The summed E-state index contributed by atoms with van der Waals surface area (Å²) < 4.78 is 1.85. The molecule has 0 aliphatic carbocycles. The number of H-pyrrole nitrogens is 1. The van der Waals surface area contributed by atoms with Gasteiger partial charge in [-0.15, -0.1) is 0 Å². The van der Waals surface area contributed by atoms with Crippen molar-refractivity contribution >= 4 is 28.6 Å². The Labute approximate surface area is 152 Å². The van der Waals surface area contributed by atoms with Crippen LogP contribution in [0.15, 0.2) is 43.5 Å². The fourth-order valence-electron chi connectivity index (χ4n) is 2.90. The van der Waals surface area contributed by atoms with Crippen LogP contribution in [0.5, 0.6) is 0 Å². The second kappa shape index (κ2) is 5.98. The van der Waals surface area contributed by atoms with E-state index in [1.165, 1.54) is 0 Å². The van der Waals surface area contributed by atoms with E-state index < -0.39 is 0 Å². The van der Waals surface area contributed by atoms with E-state index in [4.69, 9.17) is 0 Å². The van der Waals surface area contributed by atoms with Gasteiger partial charge in [0.15, 0.2) is 0 Å². The number of anilines is 1. The lowest BCUT2D eigenvalue weighted by atomic mass is 9.97. The number of hydrogen-bond acceptors (Lipinski definition) is 4. The average Bonchev–Trinajstić information content (AvgIpc) is 3.22. The van der Waals surface area contributed by atoms with Gasteiger partial charge in [0, 0.05) is 41.6 Å². The molecule has 0 aromatic carbocycles. The summed E-state index contributed by atoms with van der Waals surface area (Å²) in [4.78, 5) is 12.3. The third-order valence-electron chi connectivity index (χ3n) is 4.29. The van der Waals surface area contributed by atoms with Crippen LogP contribution in [0.1, 0.15) is 26.3 Å². The molecule has 4 aromatic heterocycles. The van der Waals surface area contributed by atoms with Crippen LogP contribution in [0, 0.1) is 5.41 Å². The van der Waals surface area contributed by atoms with Crippen molar-refractivity contribution in [2.75, 3.05) is 11.9 Å². The van der Waals surface area contributed by atoms with E-state index in [2.05, 4.69) is 58.8 Å². The second-order valence-electron chi connectivity index (χ2n) is 7.62. The minimum Gasteiger partial charge on any atom is -0.354 e. The first-order valence-electron chi connectivity index (χ1n) is 8.63. The van der Waals surface area contributed by atoms with Crippen LogP contribution in [0.2, 0.25) is 0 Å². The first-order valence-corrected chi connectivity index (χ1v) is 8.63. The van der Waals surface area contributed by atoms with Gasteiger partial charge in [0.1, 0.15) is 5.65 Å². The van der Waals surface area contributed by atoms with Gasteiger partial charge in [-0.25, -0.2) is 9.50 Å². The minimum absolute atomic E-state index is 0.169. The van der Waals surface area contributed by atoms with Crippen LogP contribution in [0.3, 0.4) is 0 Å². The molecule has 4 aromatic rings. The summed E-state index contributed by atoms with van der Waals surface area (Å²) in [7, 11) is 0. The van der Waals surface area contributed by atoms with E-state index in [1.807, 2.05) is 41.4 Å². The highest BCUT2D eigenvalue weighted by atomic mass is 15.2. The first-order chi connectivity index (χ1) is 12.4. The van der Waals surface area contributed by atoms with Gasteiger partial charge in [-0.3, -0.25) is 0 Å². The summed E-state index contributed by atoms with van der Waals surface area (Å²) in [6, 6.07) is 4.15. The number of nitrogens with zero attached hydrogens (tertiary/aromatic N) is 4. The van der Waals surface area contributed by atoms with Crippen molar-refractivity contribution in [1.82, 2.24) is 24.6 Å². The van der Waals surface area contributed by atoms with Crippen molar-refractivity contribution in [3.05, 3.63) is 49.1 Å². The molecule has 6 nitrogen and oxygen atoms in total. The zero-order valence-corrected chi connectivity index (χ0v) is 15.2. The maximum Gasteiger partial charge on any atom is 0.224 e. The van der Waals surface area contributed by atoms with Crippen LogP contribution >= 0.6 is 0 Å². The number of hydrogen-bond donors (Lipinski definition) is 2. The fraction of sp³-hybridized carbons (Fsp3) is 0.250. The third-order valence-corrected chi connectivity index (χ3v) is 4.29. The second-order valence-corrected chi connectivity index (χ2v) is 7.62. The van der Waals surface area contributed by atoms with Crippen LogP contribution in [-0.4, -0.2) is 31.1 Å². The van der Waals surface area contributed by atoms with Crippen LogP contribution in [0.25, 0.3) is 33.8 Å². The number of fused-ring (bicyclic) bond motifs is 2. The van der Waals surface area contributed by atoms with Crippen molar-refractivity contribution in [3.63, 3.8) is 0 Å². The van der Waals surface area contributed by atoms with Crippen molar-refractivity contribution in [2.24, 2.45) is 5.41 Å². The molecule has 0 saturated carbocycles. The molecule has 0 bridgehead atoms. The average molecular weight is 346 g/mol. The molecular weight excluding hydrogens is 324 g/mol. The molecule has 0 atom stereocenters. The topological polar surface area (TPSA) is 70.9 Å². The van der Waals surface area contributed by atoms with Gasteiger partial charge >= 0.3 is 0 Å². The molecule has 0 aliphatic rings. The zero-order valence-electron chi connectivity index (χ0n) is 15.2. The predicted molar refractivity (Wildman–Crippen MR) is 106 cm³/mol. The standard InChI is InChI=1S/C20H22N6/c1-5-13-9-24-26-7-6-14(8-17(13)26)15-10-21-18-16(15)11-22-19(25-18)23-12-20(2,3)4/h5-11H,1,12H2,2-4H3,(H2,21,22,23,25). The molecule has 4 rings (SSSR count). The monoisotopic (exact) mass is 346 g/mol. The Morgan fingerprint density at radius 3 is 2.92 bits per heavy atom. The van der Waals surface area contributed by atoms with Crippen molar-refractivity contribution in [2.45, 2.75) is 20.8 Å². The molecule has 4 heterocycles. The Balaban J connectivity index is 1.72. The van der Waals surface area contributed by atoms with E-state index in [9.17, 15) is 0 Å². The molecule has 0 aliphatic heterocycles. The normalized spacial score (nSPS) is 12.0. The highest BCUT2D eigenvalue weighted by molar-refractivity contribution is 5.94. The molecule has 0 saturated heterocycles. The predicted octanol–water partition coefficient (Wildman–Crippen LogP) is 4.37. The maximum atomic E-state index is 4.60. The van der Waals surface area contributed by atoms with Gasteiger partial charge in [0.05, 0.1) is 11.7 Å². The number of pyridine rings is 1. The molecule has 0 unspecified atom stereocenters. The Kier molecular flexibility index (Phi) is 3.76. The Morgan fingerprint density at radius 2 is 2.15 bits per heavy atom. The summed E-state index contributed by atoms with van der Waals surface area (Å²) in [6.45, 7) is 11.2. The lowest BCUT2D eigenvalue weighted by Gasteiger charge is -2.18. The molecule has 6 heteroatoms. The quantitative estimate of drug-likeness (QED) is 0.575. The lowest BCUT2D eigenvalue weighted by Crippen LogP contribution is -2.20. The fourth-order valence-corrected chi connectivity index (χ4v) is 2.90. The Bertz CT molecular complexity index is 1100. The van der Waals surface area contributed by atoms with Crippen LogP contribution in [0.4, 0.5) is 5.95 Å². The number of rotatable bonds is 4. The highest BCUT2D eigenvalue weighted by Crippen LogP contribution is 2.29. The van der Waals surface area contributed by atoms with Gasteiger partial charge in [0.2, 0.25) is 5.95 Å². The first kappa shape index (κ1) is 16.3. The molecule has 132 valence electrons. The molecule has 0 radical (unpaired) electrons. The maximum absolute atomic E-state index is 4.60. The summed E-state index contributed by atoms with van der Waals surface area (Å²) in [5.74, 6) is 0.640. The van der Waals surface area contributed by atoms with Crippen LogP contribution < -0.4 is 5.32 Å². The Hall–Kier alpha value is -3.15. The van der Waals surface area contributed by atoms with Gasteiger partial charge in [-0.2, -0.15) is 10.1 Å². The SMILES string of the molecule is C=Cc1cnn2ccc(-c3c[nH]c4nc(NCC(C)(C)C)ncc34)cc12. The van der Waals surface area contributed by atoms with E-state index in [-0.39, 0.29) is 5.41 Å². The summed E-state index contributed by atoms with van der Waals surface area (Å²) in [5.41, 5.74) is 5.19. The van der Waals surface area contributed by atoms with Gasteiger partial charge in [-0.1, -0.05) is 33.4 Å². The largest absolute Gasteiger partial charge is 0.354 e. The van der Waals surface area contributed by atoms with E-state index >= 15 is 0 Å². The van der Waals surface area contributed by atoms with E-state index in [1.54, 1.807) is 0 Å². The van der Waals surface area contributed by atoms with Gasteiger partial charge < -0.3 is 10.3 Å². The van der Waals surface area contributed by atoms with Crippen molar-refractivity contribution in [1.29, 1.82) is 0 Å². The van der Waals surface area contributed by atoms with Crippen molar-refractivity contribution in [3.8, 4) is 11.1 Å². The molecule has 0 spiro atoms. The van der Waals surface area contributed by atoms with Crippen molar-refractivity contribution < 1.29 is 0 Å². The highest BCUT2D eigenvalue weighted by Gasteiger charge is 2.13. The third kappa shape index (κ3) is 2.94. The van der Waals surface area contributed by atoms with Gasteiger partial charge in [-0.05, 0) is 23.1 Å². The molecule has 0 fully saturated rings. The smallest absolute Gasteiger partial charge is 0.224 e. The summed E-state index contributed by atoms with van der Waals surface area (Å²) >= 11 is 0.